The van der Waals surface area contributed by atoms with Crippen LogP contribution in [0.3, 0.4) is 0 Å². The molecule has 25 aromatic rings. The van der Waals surface area contributed by atoms with Gasteiger partial charge in [0.2, 0.25) is 11.6 Å². The molecule has 0 amide bonds. The number of rotatable bonds is 20. The van der Waals surface area contributed by atoms with Gasteiger partial charge in [-0.05, 0) is 156 Å². The van der Waals surface area contributed by atoms with Crippen LogP contribution in [0.15, 0.2) is 516 Å². The van der Waals surface area contributed by atoms with Crippen molar-refractivity contribution in [1.82, 2.24) is 42.4 Å². The Morgan fingerprint density at radius 2 is 0.406 bits per heavy atom. The van der Waals surface area contributed by atoms with Gasteiger partial charge in [0.25, 0.3) is 0 Å². The molecule has 0 bridgehead atoms. The van der Waals surface area contributed by atoms with Gasteiger partial charge in [-0.1, -0.05) is 437 Å². The standard InChI is InChI=1S/C120H85N9Si4/c1-13-44-88(45-14-1)130(89-46-15-2-16-47-89,90-48-17-3-18-49-90)100-72-76-106-112(81-100)126-114-83-102(132(94-56-25-7-26-57-94,95-58-27-8-28-59-95)96-60-29-9-30-61-96)74-78-110(114)128(119(126)121-106)116-85-117(124-118(123-116)86-42-41-43-87(80-86)125-108-70-39-37-68-104(108)105-69-38-40-71-109(105)125)129-111-79-75-103(133(97-62-31-10-32-63-97,98-64-33-11-34-65-98)99-66-35-12-36-67-99)84-115(111)127-113-82-101(73-77-107(113)122-120(127)129)131(91-50-19-4-20-51-91,92-52-21-5-22-53-92)93-54-23-6-24-55-93/h1-85H. The van der Waals surface area contributed by atoms with Crippen molar-refractivity contribution in [2.24, 2.45) is 0 Å². The summed E-state index contributed by atoms with van der Waals surface area (Å²) < 4.78 is 12.0. The number of hydrogen-bond donors (Lipinski definition) is 0. The summed E-state index contributed by atoms with van der Waals surface area (Å²) in [6.07, 6.45) is 0. The molecule has 0 aliphatic carbocycles. The van der Waals surface area contributed by atoms with Crippen LogP contribution >= 0.6 is 0 Å². The van der Waals surface area contributed by atoms with Gasteiger partial charge in [-0.2, -0.15) is 0 Å². The third-order valence-corrected chi connectivity index (χ3v) is 47.0. The van der Waals surface area contributed by atoms with Gasteiger partial charge >= 0.3 is 0 Å². The van der Waals surface area contributed by atoms with Crippen molar-refractivity contribution < 1.29 is 0 Å². The third kappa shape index (κ3) is 12.3. The molecule has 6 aromatic heterocycles. The van der Waals surface area contributed by atoms with E-state index in [0.717, 1.165) is 66.4 Å². The van der Waals surface area contributed by atoms with Crippen molar-refractivity contribution in [1.29, 1.82) is 0 Å². The lowest BCUT2D eigenvalue weighted by atomic mass is 10.1. The number of fused-ring (bicyclic) bond motifs is 13. The van der Waals surface area contributed by atoms with E-state index in [-0.39, 0.29) is 0 Å². The number of hydrogen-bond acceptors (Lipinski definition) is 4. The quantitative estimate of drug-likeness (QED) is 0.0563. The van der Waals surface area contributed by atoms with E-state index in [1.165, 1.54) is 93.8 Å². The predicted molar refractivity (Wildman–Crippen MR) is 562 cm³/mol. The lowest BCUT2D eigenvalue weighted by molar-refractivity contribution is 0.969. The van der Waals surface area contributed by atoms with Crippen molar-refractivity contribution in [2.45, 2.75) is 0 Å². The third-order valence-electron chi connectivity index (χ3n) is 27.9. The first-order chi connectivity index (χ1) is 66.0. The maximum atomic E-state index is 6.11. The molecule has 626 valence electrons. The predicted octanol–water partition coefficient (Wildman–Crippen LogP) is 16.2. The monoisotopic (exact) mass is 1760 g/mol. The highest BCUT2D eigenvalue weighted by atomic mass is 28.3. The lowest BCUT2D eigenvalue weighted by Crippen LogP contribution is -2.74. The van der Waals surface area contributed by atoms with Gasteiger partial charge < -0.3 is 4.57 Å². The van der Waals surface area contributed by atoms with Crippen LogP contribution in [-0.4, -0.2) is 74.7 Å². The molecule has 0 spiro atoms. The van der Waals surface area contributed by atoms with E-state index in [2.05, 4.69) is 538 Å². The Morgan fingerprint density at radius 1 is 0.158 bits per heavy atom. The summed E-state index contributed by atoms with van der Waals surface area (Å²) in [4.78, 5) is 24.3. The average molecular weight is 1770 g/mol. The molecule has 0 saturated heterocycles. The first kappa shape index (κ1) is 78.7. The van der Waals surface area contributed by atoms with E-state index in [1.54, 1.807) is 0 Å². The van der Waals surface area contributed by atoms with Gasteiger partial charge in [-0.3, -0.25) is 17.9 Å². The molecule has 0 N–H and O–H groups in total. The molecule has 19 aromatic carbocycles. The smallest absolute Gasteiger partial charge is 0.221 e. The van der Waals surface area contributed by atoms with Crippen molar-refractivity contribution in [3.8, 4) is 28.7 Å². The zero-order chi connectivity index (χ0) is 88.0. The summed E-state index contributed by atoms with van der Waals surface area (Å²) in [7, 11) is -12.8. The topological polar surface area (TPSA) is 75.2 Å². The van der Waals surface area contributed by atoms with Crippen molar-refractivity contribution in [3.05, 3.63) is 516 Å². The molecule has 0 radical (unpaired) electrons. The van der Waals surface area contributed by atoms with Crippen LogP contribution in [0.4, 0.5) is 0 Å². The number of aromatic nitrogens is 9. The van der Waals surface area contributed by atoms with Crippen LogP contribution < -0.4 is 83.0 Å². The minimum absolute atomic E-state index is 0.515. The Kier molecular flexibility index (Phi) is 19.1. The molecular formula is C120H85N9Si4. The molecular weight excluding hydrogens is 1680 g/mol. The van der Waals surface area contributed by atoms with E-state index < -0.39 is 32.3 Å². The fraction of sp³-hybridized carbons (Fsp3) is 0. The van der Waals surface area contributed by atoms with E-state index in [0.29, 0.717) is 29.0 Å². The van der Waals surface area contributed by atoms with Gasteiger partial charge in [-0.25, -0.2) is 19.9 Å². The maximum Gasteiger partial charge on any atom is 0.221 e. The molecule has 25 rings (SSSR count). The largest absolute Gasteiger partial charge is 0.309 e. The highest BCUT2D eigenvalue weighted by Gasteiger charge is 2.47. The van der Waals surface area contributed by atoms with Crippen molar-refractivity contribution in [3.63, 3.8) is 0 Å². The Labute approximate surface area is 773 Å². The highest BCUT2D eigenvalue weighted by molar-refractivity contribution is 7.22. The molecule has 0 atom stereocenters. The summed E-state index contributed by atoms with van der Waals surface area (Å²) in [5.74, 6) is 3.15. The van der Waals surface area contributed by atoms with Crippen LogP contribution in [0.1, 0.15) is 0 Å². The fourth-order valence-corrected chi connectivity index (χ4v) is 41.4. The van der Waals surface area contributed by atoms with E-state index in [1.807, 2.05) is 0 Å². The zero-order valence-electron chi connectivity index (χ0n) is 72.6. The van der Waals surface area contributed by atoms with Crippen molar-refractivity contribution >= 4 is 193 Å². The minimum Gasteiger partial charge on any atom is -0.309 e. The number of imidazole rings is 4. The number of nitrogens with zero attached hydrogens (tertiary/aromatic N) is 9. The number of para-hydroxylation sites is 2. The summed E-state index contributed by atoms with van der Waals surface area (Å²) in [5.41, 5.74) is 11.5. The molecule has 0 aliphatic rings. The molecule has 133 heavy (non-hydrogen) atoms. The minimum atomic E-state index is -3.24. The molecule has 0 saturated carbocycles. The van der Waals surface area contributed by atoms with E-state index in [9.17, 15) is 0 Å². The normalized spacial score (nSPS) is 12.2. The van der Waals surface area contributed by atoms with Crippen LogP contribution in [0.5, 0.6) is 0 Å². The first-order valence-corrected chi connectivity index (χ1v) is 53.6. The second kappa shape index (κ2) is 32.3. The molecule has 6 heterocycles. The molecule has 0 unspecified atom stereocenters. The van der Waals surface area contributed by atoms with Gasteiger partial charge in [0.15, 0.2) is 38.1 Å². The zero-order valence-corrected chi connectivity index (χ0v) is 76.6. The summed E-state index contributed by atoms with van der Waals surface area (Å²) in [6.45, 7) is 0. The second-order valence-electron chi connectivity index (χ2n) is 34.7. The Morgan fingerprint density at radius 3 is 0.684 bits per heavy atom. The molecule has 0 aliphatic heterocycles. The SMILES string of the molecule is c1ccc([Si](c2ccccc2)(c2ccccc2)c2ccc3nc4n(-c5cc(-n6c7ccc([Si](c8ccccc8)(c8ccccc8)c8ccccc8)cc7n7c8cc([Si](c9ccccc9)(c9ccccc9)c9ccccc9)ccc8nc67)nc(-c6cccc(-n7c8ccccc8c8ccccc87)c6)n5)c5ccc([Si](c6ccccc6)(c6ccccc6)c6ccccc6)cc5n4c3c2)cc1. The first-order valence-electron chi connectivity index (χ1n) is 45.6. The van der Waals surface area contributed by atoms with Gasteiger partial charge in [0, 0.05) is 28.1 Å². The van der Waals surface area contributed by atoms with Crippen LogP contribution in [0.25, 0.3) is 106 Å². The van der Waals surface area contributed by atoms with Crippen molar-refractivity contribution in [2.75, 3.05) is 0 Å². The van der Waals surface area contributed by atoms with Crippen LogP contribution in [0.2, 0.25) is 0 Å². The van der Waals surface area contributed by atoms with E-state index in [4.69, 9.17) is 19.9 Å². The molecule has 9 nitrogen and oxygen atoms in total. The second-order valence-corrected chi connectivity index (χ2v) is 49.9. The summed E-state index contributed by atoms with van der Waals surface area (Å²) in [6, 6.07) is 192. The lowest BCUT2D eigenvalue weighted by Gasteiger charge is -2.34. The fourth-order valence-electron chi connectivity index (χ4n) is 22.3. The van der Waals surface area contributed by atoms with Gasteiger partial charge in [0.1, 0.15) is 11.6 Å². The van der Waals surface area contributed by atoms with Crippen LogP contribution in [-0.2, 0) is 0 Å². The molecule has 0 fully saturated rings. The van der Waals surface area contributed by atoms with Gasteiger partial charge in [0.05, 0.1) is 55.2 Å². The number of benzene rings is 19. The van der Waals surface area contributed by atoms with E-state index >= 15 is 0 Å². The highest BCUT2D eigenvalue weighted by Crippen LogP contribution is 2.38. The maximum absolute atomic E-state index is 6.11. The Balaban J connectivity index is 0.822. The van der Waals surface area contributed by atoms with Gasteiger partial charge in [-0.15, -0.1) is 0 Å². The van der Waals surface area contributed by atoms with Crippen LogP contribution in [0, 0.1) is 0 Å². The average Bonchev–Trinajstić information content (AvgIpc) is 1.55. The molecule has 13 heteroatoms. The Bertz CT molecular complexity index is 7800. The summed E-state index contributed by atoms with van der Waals surface area (Å²) in [5, 5.41) is 22.6. The summed E-state index contributed by atoms with van der Waals surface area (Å²) >= 11 is 0. The Hall–Kier alpha value is -16.5.